The van der Waals surface area contributed by atoms with E-state index in [-0.39, 0.29) is 6.42 Å². The van der Waals surface area contributed by atoms with Gasteiger partial charge in [-0.25, -0.2) is 0 Å². The van der Waals surface area contributed by atoms with Crippen molar-refractivity contribution in [1.29, 1.82) is 0 Å². The molecule has 1 aromatic heterocycles. The minimum Gasteiger partial charge on any atom is -0.481 e. The highest BCUT2D eigenvalue weighted by molar-refractivity contribution is 5.68. The van der Waals surface area contributed by atoms with Crippen LogP contribution in [-0.4, -0.2) is 16.1 Å². The van der Waals surface area contributed by atoms with Gasteiger partial charge in [-0.2, -0.15) is 0 Å². The van der Waals surface area contributed by atoms with Gasteiger partial charge in [0.1, 0.15) is 0 Å². The summed E-state index contributed by atoms with van der Waals surface area (Å²) in [6, 6.07) is 3.96. The smallest absolute Gasteiger partial charge is 0.307 e. The average Bonchev–Trinajstić information content (AvgIpc) is 2.18. The molecule has 3 heteroatoms. The van der Waals surface area contributed by atoms with Crippen LogP contribution in [0, 0.1) is 6.92 Å². The summed E-state index contributed by atoms with van der Waals surface area (Å²) in [5.74, 6) is -0.829. The Kier molecular flexibility index (Phi) is 6.55. The van der Waals surface area contributed by atoms with E-state index in [1.165, 1.54) is 11.6 Å². The van der Waals surface area contributed by atoms with Gasteiger partial charge in [0.15, 0.2) is 0 Å². The zero-order valence-electron chi connectivity index (χ0n) is 8.81. The summed E-state index contributed by atoms with van der Waals surface area (Å²) in [4.78, 5) is 13.6. The van der Waals surface area contributed by atoms with E-state index in [1.807, 2.05) is 19.1 Å². The van der Waals surface area contributed by atoms with Crippen LogP contribution < -0.4 is 0 Å². The Labute approximate surface area is 89.8 Å². The summed E-state index contributed by atoms with van der Waals surface area (Å²) >= 11 is 0. The molecule has 0 fully saturated rings. The lowest BCUT2D eigenvalue weighted by Gasteiger charge is -1.91. The highest BCUT2D eigenvalue weighted by Crippen LogP contribution is 1.99. The maximum Gasteiger partial charge on any atom is 0.307 e. The Hall–Kier alpha value is -1.90. The fourth-order valence-electron chi connectivity index (χ4n) is 0.795. The molecule has 0 aliphatic rings. The first-order valence-corrected chi connectivity index (χ1v) is 4.48. The molecule has 1 heterocycles. The van der Waals surface area contributed by atoms with Gasteiger partial charge in [0.05, 0.1) is 12.1 Å². The molecule has 0 aliphatic carbocycles. The second kappa shape index (κ2) is 7.50. The number of carboxylic acids is 1. The predicted octanol–water partition coefficient (Wildman–Crippen LogP) is 2.68. The first-order valence-electron chi connectivity index (χ1n) is 4.48. The highest BCUT2D eigenvalue weighted by Gasteiger charge is 1.85. The first-order chi connectivity index (χ1) is 7.10. The van der Waals surface area contributed by atoms with E-state index < -0.39 is 5.97 Å². The molecular formula is C12H15NO2. The van der Waals surface area contributed by atoms with Crippen molar-refractivity contribution in [2.75, 3.05) is 0 Å². The number of aromatic nitrogens is 1. The standard InChI is InChI=1S/C8H9N.C4H6O2/c1-3-8-6-7(2)4-5-9-8;1-2-3-4(5)6/h3-6H,1H2,2H3;2H,1,3H2,(H,5,6). The van der Waals surface area contributed by atoms with Gasteiger partial charge in [0.2, 0.25) is 0 Å². The van der Waals surface area contributed by atoms with Crippen molar-refractivity contribution in [3.8, 4) is 0 Å². The first kappa shape index (κ1) is 13.1. The number of aliphatic carboxylic acids is 1. The molecule has 0 unspecified atom stereocenters. The quantitative estimate of drug-likeness (QED) is 0.772. The van der Waals surface area contributed by atoms with Crippen LogP contribution >= 0.6 is 0 Å². The van der Waals surface area contributed by atoms with Crippen LogP contribution in [-0.2, 0) is 4.79 Å². The molecule has 1 aromatic rings. The molecule has 0 saturated carbocycles. The molecule has 0 amide bonds. The fourth-order valence-corrected chi connectivity index (χ4v) is 0.795. The van der Waals surface area contributed by atoms with Crippen molar-refractivity contribution < 1.29 is 9.90 Å². The van der Waals surface area contributed by atoms with E-state index in [9.17, 15) is 4.79 Å². The molecule has 15 heavy (non-hydrogen) atoms. The lowest BCUT2D eigenvalue weighted by Crippen LogP contribution is -1.88. The van der Waals surface area contributed by atoms with Crippen molar-refractivity contribution >= 4 is 12.0 Å². The number of nitrogens with zero attached hydrogens (tertiary/aromatic N) is 1. The summed E-state index contributed by atoms with van der Waals surface area (Å²) in [6.07, 6.45) is 4.93. The van der Waals surface area contributed by atoms with Crippen molar-refractivity contribution in [2.45, 2.75) is 13.3 Å². The largest absolute Gasteiger partial charge is 0.481 e. The summed E-state index contributed by atoms with van der Waals surface area (Å²) in [5, 5.41) is 7.84. The maximum atomic E-state index is 9.53. The number of rotatable bonds is 3. The second-order valence-corrected chi connectivity index (χ2v) is 2.85. The van der Waals surface area contributed by atoms with E-state index in [2.05, 4.69) is 18.1 Å². The summed E-state index contributed by atoms with van der Waals surface area (Å²) < 4.78 is 0. The minimum atomic E-state index is -0.829. The third-order valence-electron chi connectivity index (χ3n) is 1.46. The van der Waals surface area contributed by atoms with Crippen LogP contribution in [0.3, 0.4) is 0 Å². The van der Waals surface area contributed by atoms with Gasteiger partial charge in [0.25, 0.3) is 0 Å². The van der Waals surface area contributed by atoms with E-state index in [4.69, 9.17) is 5.11 Å². The zero-order valence-corrected chi connectivity index (χ0v) is 8.81. The van der Waals surface area contributed by atoms with Crippen LogP contribution in [0.2, 0.25) is 0 Å². The lowest BCUT2D eigenvalue weighted by atomic mass is 10.2. The topological polar surface area (TPSA) is 50.2 Å². The Morgan fingerprint density at radius 3 is 2.53 bits per heavy atom. The molecule has 3 nitrogen and oxygen atoms in total. The molecule has 1 rings (SSSR count). The molecule has 0 aromatic carbocycles. The SMILES string of the molecule is C=CCC(=O)O.C=Cc1cc(C)ccn1. The van der Waals surface area contributed by atoms with Crippen molar-refractivity contribution in [3.05, 3.63) is 48.8 Å². The van der Waals surface area contributed by atoms with Gasteiger partial charge < -0.3 is 5.11 Å². The minimum absolute atomic E-state index is 0.0556. The van der Waals surface area contributed by atoms with Gasteiger partial charge >= 0.3 is 5.97 Å². The zero-order chi connectivity index (χ0) is 11.7. The van der Waals surface area contributed by atoms with Crippen molar-refractivity contribution in [3.63, 3.8) is 0 Å². The molecular weight excluding hydrogens is 190 g/mol. The number of pyridine rings is 1. The number of hydrogen-bond acceptors (Lipinski definition) is 2. The van der Waals surface area contributed by atoms with E-state index in [0.29, 0.717) is 0 Å². The Morgan fingerprint density at radius 1 is 1.60 bits per heavy atom. The van der Waals surface area contributed by atoms with E-state index in [0.717, 1.165) is 5.69 Å². The number of carboxylic acid groups (broad SMARTS) is 1. The van der Waals surface area contributed by atoms with Gasteiger partial charge in [-0.3, -0.25) is 9.78 Å². The Balaban J connectivity index is 0.000000288. The van der Waals surface area contributed by atoms with Crippen LogP contribution in [0.5, 0.6) is 0 Å². The molecule has 0 spiro atoms. The van der Waals surface area contributed by atoms with E-state index in [1.54, 1.807) is 12.3 Å². The van der Waals surface area contributed by atoms with Crippen LogP contribution in [0.4, 0.5) is 0 Å². The number of hydrogen-bond donors (Lipinski definition) is 1. The lowest BCUT2D eigenvalue weighted by molar-refractivity contribution is -0.135. The third-order valence-corrected chi connectivity index (χ3v) is 1.46. The van der Waals surface area contributed by atoms with Crippen molar-refractivity contribution in [1.82, 2.24) is 4.98 Å². The Bertz CT molecular complexity index is 345. The maximum absolute atomic E-state index is 9.53. The van der Waals surface area contributed by atoms with Gasteiger partial charge in [-0.1, -0.05) is 12.7 Å². The van der Waals surface area contributed by atoms with Crippen LogP contribution in [0.1, 0.15) is 17.7 Å². The fraction of sp³-hybridized carbons (Fsp3) is 0.167. The molecule has 0 radical (unpaired) electrons. The average molecular weight is 205 g/mol. The summed E-state index contributed by atoms with van der Waals surface area (Å²) in [6.45, 7) is 8.87. The summed E-state index contributed by atoms with van der Waals surface area (Å²) in [5.41, 5.74) is 2.16. The van der Waals surface area contributed by atoms with Gasteiger partial charge in [-0.15, -0.1) is 6.58 Å². The number of carbonyl (C=O) groups is 1. The third kappa shape index (κ3) is 7.19. The molecule has 0 aliphatic heterocycles. The monoisotopic (exact) mass is 205 g/mol. The van der Waals surface area contributed by atoms with Gasteiger partial charge in [-0.05, 0) is 30.7 Å². The Morgan fingerprint density at radius 2 is 2.27 bits per heavy atom. The van der Waals surface area contributed by atoms with Crippen molar-refractivity contribution in [2.24, 2.45) is 0 Å². The summed E-state index contributed by atoms with van der Waals surface area (Å²) in [7, 11) is 0. The highest BCUT2D eigenvalue weighted by atomic mass is 16.4. The molecule has 0 bridgehead atoms. The molecule has 0 atom stereocenters. The molecule has 0 saturated heterocycles. The predicted molar refractivity (Wildman–Crippen MR) is 61.5 cm³/mol. The van der Waals surface area contributed by atoms with Crippen LogP contribution in [0.25, 0.3) is 6.08 Å². The normalized spacial score (nSPS) is 8.33. The molecule has 1 N–H and O–H groups in total. The van der Waals surface area contributed by atoms with E-state index >= 15 is 0 Å². The number of aryl methyl sites for hydroxylation is 1. The van der Waals surface area contributed by atoms with Crippen LogP contribution in [0.15, 0.2) is 37.6 Å². The molecule has 80 valence electrons. The van der Waals surface area contributed by atoms with Gasteiger partial charge in [0, 0.05) is 6.20 Å². The second-order valence-electron chi connectivity index (χ2n) is 2.85.